The molecule has 74 valence electrons. The zero-order valence-electron chi connectivity index (χ0n) is 7.71. The first-order chi connectivity index (χ1) is 6.20. The molecule has 0 unspecified atom stereocenters. The van der Waals surface area contributed by atoms with Crippen molar-refractivity contribution in [2.24, 2.45) is 0 Å². The SMILES string of the molecule is CC(=O)NCC(=O)N1CCCOC1. The van der Waals surface area contributed by atoms with Crippen LogP contribution in [0.3, 0.4) is 0 Å². The maximum absolute atomic E-state index is 11.3. The zero-order valence-corrected chi connectivity index (χ0v) is 7.71. The van der Waals surface area contributed by atoms with E-state index in [9.17, 15) is 9.59 Å². The molecule has 0 saturated carbocycles. The Morgan fingerprint density at radius 1 is 1.54 bits per heavy atom. The fraction of sp³-hybridized carbons (Fsp3) is 0.750. The van der Waals surface area contributed by atoms with E-state index in [0.29, 0.717) is 13.3 Å². The van der Waals surface area contributed by atoms with E-state index in [0.717, 1.165) is 13.0 Å². The van der Waals surface area contributed by atoms with Crippen molar-refractivity contribution in [1.82, 2.24) is 10.2 Å². The van der Waals surface area contributed by atoms with Crippen LogP contribution in [0.4, 0.5) is 0 Å². The van der Waals surface area contributed by atoms with Crippen molar-refractivity contribution < 1.29 is 14.3 Å². The van der Waals surface area contributed by atoms with Crippen LogP contribution in [0, 0.1) is 0 Å². The Labute approximate surface area is 77.0 Å². The molecule has 1 fully saturated rings. The van der Waals surface area contributed by atoms with Crippen molar-refractivity contribution in [3.63, 3.8) is 0 Å². The summed E-state index contributed by atoms with van der Waals surface area (Å²) in [6.07, 6.45) is 0.867. The molecule has 0 atom stereocenters. The number of ether oxygens (including phenoxy) is 1. The number of nitrogens with one attached hydrogen (secondary N) is 1. The highest BCUT2D eigenvalue weighted by atomic mass is 16.5. The highest BCUT2D eigenvalue weighted by Crippen LogP contribution is 2.00. The second-order valence-electron chi connectivity index (χ2n) is 2.96. The van der Waals surface area contributed by atoms with Crippen LogP contribution in [0.5, 0.6) is 0 Å². The molecule has 13 heavy (non-hydrogen) atoms. The first-order valence-corrected chi connectivity index (χ1v) is 4.30. The second-order valence-corrected chi connectivity index (χ2v) is 2.96. The Balaban J connectivity index is 2.25. The standard InChI is InChI=1S/C8H14N2O3/c1-7(11)9-5-8(12)10-3-2-4-13-6-10/h2-6H2,1H3,(H,9,11). The van der Waals surface area contributed by atoms with Gasteiger partial charge in [-0.2, -0.15) is 0 Å². The molecular weight excluding hydrogens is 172 g/mol. The Morgan fingerprint density at radius 2 is 2.31 bits per heavy atom. The maximum Gasteiger partial charge on any atom is 0.243 e. The summed E-state index contributed by atoms with van der Waals surface area (Å²) in [4.78, 5) is 23.4. The minimum atomic E-state index is -0.189. The molecule has 0 radical (unpaired) electrons. The largest absolute Gasteiger partial charge is 0.361 e. The van der Waals surface area contributed by atoms with Gasteiger partial charge in [-0.1, -0.05) is 0 Å². The first-order valence-electron chi connectivity index (χ1n) is 4.30. The molecule has 0 aliphatic carbocycles. The van der Waals surface area contributed by atoms with Crippen LogP contribution in [-0.2, 0) is 14.3 Å². The van der Waals surface area contributed by atoms with E-state index in [1.807, 2.05) is 0 Å². The molecule has 2 amide bonds. The van der Waals surface area contributed by atoms with Crippen molar-refractivity contribution in [2.45, 2.75) is 13.3 Å². The summed E-state index contributed by atoms with van der Waals surface area (Å²) >= 11 is 0. The summed E-state index contributed by atoms with van der Waals surface area (Å²) in [7, 11) is 0. The molecule has 5 nitrogen and oxygen atoms in total. The van der Waals surface area contributed by atoms with Crippen LogP contribution in [-0.4, -0.2) is 43.1 Å². The third kappa shape index (κ3) is 3.42. The topological polar surface area (TPSA) is 58.6 Å². The minimum Gasteiger partial charge on any atom is -0.361 e. The van der Waals surface area contributed by atoms with Crippen LogP contribution >= 0.6 is 0 Å². The lowest BCUT2D eigenvalue weighted by atomic mass is 10.3. The Hall–Kier alpha value is -1.10. The molecule has 0 aromatic heterocycles. The Kier molecular flexibility index (Phi) is 3.70. The van der Waals surface area contributed by atoms with E-state index in [1.165, 1.54) is 6.92 Å². The van der Waals surface area contributed by atoms with E-state index in [1.54, 1.807) is 4.90 Å². The van der Waals surface area contributed by atoms with Gasteiger partial charge in [-0.15, -0.1) is 0 Å². The molecule has 1 heterocycles. The van der Waals surface area contributed by atoms with Gasteiger partial charge in [0.25, 0.3) is 0 Å². The monoisotopic (exact) mass is 186 g/mol. The van der Waals surface area contributed by atoms with Crippen LogP contribution in [0.15, 0.2) is 0 Å². The molecule has 0 aromatic rings. The van der Waals surface area contributed by atoms with Gasteiger partial charge in [-0.25, -0.2) is 0 Å². The van der Waals surface area contributed by atoms with Crippen molar-refractivity contribution in [1.29, 1.82) is 0 Å². The predicted molar refractivity (Wildman–Crippen MR) is 45.8 cm³/mol. The lowest BCUT2D eigenvalue weighted by Gasteiger charge is -2.26. The fourth-order valence-corrected chi connectivity index (χ4v) is 1.11. The fourth-order valence-electron chi connectivity index (χ4n) is 1.11. The van der Waals surface area contributed by atoms with E-state index in [4.69, 9.17) is 4.74 Å². The quantitative estimate of drug-likeness (QED) is 0.622. The van der Waals surface area contributed by atoms with Gasteiger partial charge in [0.05, 0.1) is 13.2 Å². The highest BCUT2D eigenvalue weighted by molar-refractivity contribution is 5.83. The van der Waals surface area contributed by atoms with Gasteiger partial charge in [0.2, 0.25) is 11.8 Å². The van der Waals surface area contributed by atoms with Crippen LogP contribution in [0.2, 0.25) is 0 Å². The zero-order chi connectivity index (χ0) is 9.68. The lowest BCUT2D eigenvalue weighted by molar-refractivity contribution is -0.140. The van der Waals surface area contributed by atoms with Crippen LogP contribution in [0.1, 0.15) is 13.3 Å². The normalized spacial score (nSPS) is 16.8. The molecule has 0 bridgehead atoms. The summed E-state index contributed by atoms with van der Waals surface area (Å²) < 4.78 is 5.10. The molecule has 0 spiro atoms. The lowest BCUT2D eigenvalue weighted by Crippen LogP contribution is -2.43. The average Bonchev–Trinajstić information content (AvgIpc) is 2.15. The predicted octanol–water partition coefficient (Wildman–Crippen LogP) is -0.671. The highest BCUT2D eigenvalue weighted by Gasteiger charge is 2.16. The summed E-state index contributed by atoms with van der Waals surface area (Å²) in [5.74, 6) is -0.277. The third-order valence-corrected chi connectivity index (χ3v) is 1.81. The molecular formula is C8H14N2O3. The minimum absolute atomic E-state index is 0.0681. The third-order valence-electron chi connectivity index (χ3n) is 1.81. The van der Waals surface area contributed by atoms with Gasteiger partial charge in [-0.3, -0.25) is 9.59 Å². The van der Waals surface area contributed by atoms with Crippen molar-refractivity contribution in [2.75, 3.05) is 26.4 Å². The molecule has 1 aliphatic rings. The number of rotatable bonds is 2. The van der Waals surface area contributed by atoms with E-state index >= 15 is 0 Å². The van der Waals surface area contributed by atoms with E-state index in [-0.39, 0.29) is 18.4 Å². The van der Waals surface area contributed by atoms with E-state index in [2.05, 4.69) is 5.32 Å². The van der Waals surface area contributed by atoms with Crippen LogP contribution in [0.25, 0.3) is 0 Å². The van der Waals surface area contributed by atoms with Crippen molar-refractivity contribution >= 4 is 11.8 Å². The molecule has 1 saturated heterocycles. The maximum atomic E-state index is 11.3. The summed E-state index contributed by atoms with van der Waals surface area (Å²) in [5.41, 5.74) is 0. The smallest absolute Gasteiger partial charge is 0.243 e. The van der Waals surface area contributed by atoms with Gasteiger partial charge < -0.3 is 15.0 Å². The van der Waals surface area contributed by atoms with Gasteiger partial charge in [0, 0.05) is 13.5 Å². The summed E-state index contributed by atoms with van der Waals surface area (Å²) in [5, 5.41) is 2.46. The number of amides is 2. The number of nitrogens with zero attached hydrogens (tertiary/aromatic N) is 1. The van der Waals surface area contributed by atoms with Crippen LogP contribution < -0.4 is 5.32 Å². The van der Waals surface area contributed by atoms with Gasteiger partial charge >= 0.3 is 0 Å². The second kappa shape index (κ2) is 4.81. The number of hydrogen-bond donors (Lipinski definition) is 1. The van der Waals surface area contributed by atoms with Gasteiger partial charge in [0.1, 0.15) is 6.73 Å². The van der Waals surface area contributed by atoms with E-state index < -0.39 is 0 Å². The Bertz CT molecular complexity index is 200. The first kappa shape index (κ1) is 9.98. The van der Waals surface area contributed by atoms with Crippen molar-refractivity contribution in [3.8, 4) is 0 Å². The molecule has 1 N–H and O–H groups in total. The van der Waals surface area contributed by atoms with Gasteiger partial charge in [-0.05, 0) is 6.42 Å². The molecule has 1 rings (SSSR count). The average molecular weight is 186 g/mol. The Morgan fingerprint density at radius 3 is 2.85 bits per heavy atom. The number of carbonyl (C=O) groups excluding carboxylic acids is 2. The summed E-state index contributed by atoms with van der Waals surface area (Å²) in [6, 6.07) is 0. The van der Waals surface area contributed by atoms with Crippen molar-refractivity contribution in [3.05, 3.63) is 0 Å². The molecule has 5 heteroatoms. The molecule has 0 aromatic carbocycles. The van der Waals surface area contributed by atoms with Gasteiger partial charge in [0.15, 0.2) is 0 Å². The summed E-state index contributed by atoms with van der Waals surface area (Å²) in [6.45, 7) is 3.24. The number of hydrogen-bond acceptors (Lipinski definition) is 3. The molecule has 1 aliphatic heterocycles. The number of carbonyl (C=O) groups is 2.